The lowest BCUT2D eigenvalue weighted by molar-refractivity contribution is 0.459. The molecule has 0 unspecified atom stereocenters. The summed E-state index contributed by atoms with van der Waals surface area (Å²) in [7, 11) is 0. The summed E-state index contributed by atoms with van der Waals surface area (Å²) >= 11 is 5.99. The molecule has 21 heavy (non-hydrogen) atoms. The molecule has 0 atom stereocenters. The third-order valence-corrected chi connectivity index (χ3v) is 3.71. The number of aryl methyl sites for hydroxylation is 2. The van der Waals surface area contributed by atoms with Crippen LogP contribution >= 0.6 is 11.6 Å². The molecule has 1 heterocycles. The molecule has 0 fully saturated rings. The predicted molar refractivity (Wildman–Crippen MR) is 85.1 cm³/mol. The van der Waals surface area contributed by atoms with Crippen LogP contribution in [0, 0.1) is 13.8 Å². The van der Waals surface area contributed by atoms with Crippen molar-refractivity contribution < 1.29 is 5.11 Å². The van der Waals surface area contributed by atoms with Crippen LogP contribution in [0.15, 0.2) is 46.6 Å². The van der Waals surface area contributed by atoms with Crippen LogP contribution in [0.1, 0.15) is 11.1 Å². The zero-order valence-electron chi connectivity index (χ0n) is 11.7. The van der Waals surface area contributed by atoms with E-state index >= 15 is 0 Å². The molecule has 0 amide bonds. The van der Waals surface area contributed by atoms with Gasteiger partial charge in [-0.3, -0.25) is 0 Å². The van der Waals surface area contributed by atoms with Gasteiger partial charge in [0, 0.05) is 10.4 Å². The van der Waals surface area contributed by atoms with Crippen LogP contribution in [0.4, 0.5) is 11.4 Å². The number of rotatable bonds is 2. The molecule has 2 aromatic carbocycles. The van der Waals surface area contributed by atoms with Crippen LogP contribution in [0.25, 0.3) is 10.9 Å². The maximum absolute atomic E-state index is 9.95. The maximum Gasteiger partial charge on any atom is 0.218 e. The minimum atomic E-state index is -0.0140. The Kier molecular flexibility index (Phi) is 3.39. The summed E-state index contributed by atoms with van der Waals surface area (Å²) in [4.78, 5) is 2.85. The van der Waals surface area contributed by atoms with E-state index in [1.165, 1.54) is 5.56 Å². The average molecular weight is 300 g/mol. The second kappa shape index (κ2) is 5.22. The number of nitrogens with one attached hydrogen (secondary N) is 1. The topological polar surface area (TPSA) is 60.7 Å². The number of azo groups is 1. The number of aromatic nitrogens is 1. The van der Waals surface area contributed by atoms with Gasteiger partial charge in [0.1, 0.15) is 0 Å². The van der Waals surface area contributed by atoms with E-state index in [1.807, 2.05) is 32.0 Å². The molecule has 0 radical (unpaired) electrons. The van der Waals surface area contributed by atoms with Gasteiger partial charge in [0.15, 0.2) is 5.69 Å². The molecule has 5 heteroatoms. The van der Waals surface area contributed by atoms with E-state index in [9.17, 15) is 5.11 Å². The van der Waals surface area contributed by atoms with Crippen molar-refractivity contribution in [1.82, 2.24) is 4.98 Å². The van der Waals surface area contributed by atoms with Crippen molar-refractivity contribution in [2.75, 3.05) is 0 Å². The van der Waals surface area contributed by atoms with Crippen LogP contribution < -0.4 is 0 Å². The Labute approximate surface area is 127 Å². The highest BCUT2D eigenvalue weighted by molar-refractivity contribution is 6.31. The van der Waals surface area contributed by atoms with Gasteiger partial charge < -0.3 is 10.1 Å². The molecular weight excluding hydrogens is 286 g/mol. The molecule has 4 nitrogen and oxygen atoms in total. The Morgan fingerprint density at radius 2 is 1.81 bits per heavy atom. The van der Waals surface area contributed by atoms with Crippen molar-refractivity contribution in [3.8, 4) is 5.88 Å². The molecule has 0 aliphatic rings. The lowest BCUT2D eigenvalue weighted by atomic mass is 10.1. The van der Waals surface area contributed by atoms with Gasteiger partial charge in [-0.2, -0.15) is 5.11 Å². The number of benzene rings is 2. The molecule has 106 valence electrons. The van der Waals surface area contributed by atoms with Crippen molar-refractivity contribution in [2.24, 2.45) is 10.2 Å². The molecule has 0 saturated carbocycles. The van der Waals surface area contributed by atoms with E-state index < -0.39 is 0 Å². The van der Waals surface area contributed by atoms with Crippen molar-refractivity contribution in [2.45, 2.75) is 13.8 Å². The molecule has 0 saturated heterocycles. The third-order valence-electron chi connectivity index (χ3n) is 3.47. The van der Waals surface area contributed by atoms with Crippen molar-refractivity contribution in [1.29, 1.82) is 0 Å². The summed E-state index contributed by atoms with van der Waals surface area (Å²) in [5.41, 5.74) is 4.26. The van der Waals surface area contributed by atoms with Crippen LogP contribution in [0.3, 0.4) is 0 Å². The number of aromatic hydroxyl groups is 1. The Hall–Kier alpha value is -2.33. The Balaban J connectivity index is 2.04. The van der Waals surface area contributed by atoms with Crippen LogP contribution in [-0.2, 0) is 0 Å². The Bertz CT molecular complexity index is 852. The van der Waals surface area contributed by atoms with E-state index in [4.69, 9.17) is 11.6 Å². The fraction of sp³-hybridized carbons (Fsp3) is 0.125. The van der Waals surface area contributed by atoms with Crippen LogP contribution in [0.5, 0.6) is 5.88 Å². The number of halogens is 1. The molecular formula is C16H14ClN3O. The zero-order valence-corrected chi connectivity index (χ0v) is 12.4. The smallest absolute Gasteiger partial charge is 0.218 e. The summed E-state index contributed by atoms with van der Waals surface area (Å²) in [5.74, 6) is -0.0140. The third kappa shape index (κ3) is 2.62. The highest BCUT2D eigenvalue weighted by Gasteiger charge is 2.10. The molecule has 2 N–H and O–H groups in total. The fourth-order valence-electron chi connectivity index (χ4n) is 2.13. The van der Waals surface area contributed by atoms with Gasteiger partial charge in [-0.25, -0.2) is 0 Å². The van der Waals surface area contributed by atoms with E-state index in [1.54, 1.807) is 18.2 Å². The summed E-state index contributed by atoms with van der Waals surface area (Å²) in [5, 5.41) is 19.6. The largest absolute Gasteiger partial charge is 0.493 e. The van der Waals surface area contributed by atoms with E-state index in [2.05, 4.69) is 15.2 Å². The molecule has 0 bridgehead atoms. The monoisotopic (exact) mass is 299 g/mol. The first kappa shape index (κ1) is 13.6. The molecule has 0 aliphatic heterocycles. The number of fused-ring (bicyclic) bond motifs is 1. The second-order valence-corrected chi connectivity index (χ2v) is 5.42. The van der Waals surface area contributed by atoms with Gasteiger partial charge in [-0.1, -0.05) is 17.7 Å². The maximum atomic E-state index is 9.95. The van der Waals surface area contributed by atoms with Crippen LogP contribution in [-0.4, -0.2) is 10.1 Å². The predicted octanol–water partition coefficient (Wildman–Crippen LogP) is 5.56. The highest BCUT2D eigenvalue weighted by Crippen LogP contribution is 2.37. The minimum absolute atomic E-state index is 0.0140. The molecule has 0 spiro atoms. The van der Waals surface area contributed by atoms with E-state index in [0.717, 1.165) is 22.2 Å². The lowest BCUT2D eigenvalue weighted by Crippen LogP contribution is -1.77. The van der Waals surface area contributed by atoms with Gasteiger partial charge >= 0.3 is 0 Å². The summed E-state index contributed by atoms with van der Waals surface area (Å²) in [6.45, 7) is 4.07. The Morgan fingerprint density at radius 1 is 1.00 bits per heavy atom. The molecule has 1 aromatic heterocycles. The lowest BCUT2D eigenvalue weighted by Gasteiger charge is -1.99. The van der Waals surface area contributed by atoms with Gasteiger partial charge in [-0.15, -0.1) is 5.11 Å². The standard InChI is InChI=1S/C16H14ClN3O/c1-9-3-5-12(7-10(9)2)19-20-15-13-8-11(17)4-6-14(13)18-16(15)21/h3-8,18,21H,1-2H3. The number of hydrogen-bond donors (Lipinski definition) is 2. The SMILES string of the molecule is Cc1ccc(N=Nc2c(O)[nH]c3ccc(Cl)cc23)cc1C. The molecule has 0 aliphatic carbocycles. The number of hydrogen-bond acceptors (Lipinski definition) is 3. The average Bonchev–Trinajstić information content (AvgIpc) is 2.75. The first-order valence-electron chi connectivity index (χ1n) is 6.54. The highest BCUT2D eigenvalue weighted by atomic mass is 35.5. The summed E-state index contributed by atoms with van der Waals surface area (Å²) < 4.78 is 0. The van der Waals surface area contributed by atoms with Gasteiger partial charge in [-0.05, 0) is 55.3 Å². The quantitative estimate of drug-likeness (QED) is 0.598. The van der Waals surface area contributed by atoms with Gasteiger partial charge in [0.05, 0.1) is 11.2 Å². The van der Waals surface area contributed by atoms with Gasteiger partial charge in [0.2, 0.25) is 5.88 Å². The normalized spacial score (nSPS) is 11.6. The van der Waals surface area contributed by atoms with Crippen LogP contribution in [0.2, 0.25) is 5.02 Å². The first-order chi connectivity index (χ1) is 10.0. The number of H-pyrrole nitrogens is 1. The number of nitrogens with zero attached hydrogens (tertiary/aromatic N) is 2. The zero-order chi connectivity index (χ0) is 15.0. The van der Waals surface area contributed by atoms with Crippen molar-refractivity contribution >= 4 is 33.9 Å². The van der Waals surface area contributed by atoms with Crippen molar-refractivity contribution in [3.05, 3.63) is 52.5 Å². The molecule has 3 rings (SSSR count). The van der Waals surface area contributed by atoms with Gasteiger partial charge in [0.25, 0.3) is 0 Å². The van der Waals surface area contributed by atoms with E-state index in [0.29, 0.717) is 10.7 Å². The molecule has 3 aromatic rings. The van der Waals surface area contributed by atoms with Crippen molar-refractivity contribution in [3.63, 3.8) is 0 Å². The fourth-order valence-corrected chi connectivity index (χ4v) is 2.30. The Morgan fingerprint density at radius 3 is 2.57 bits per heavy atom. The van der Waals surface area contributed by atoms with E-state index in [-0.39, 0.29) is 5.88 Å². The first-order valence-corrected chi connectivity index (χ1v) is 6.91. The number of aromatic amines is 1. The summed E-state index contributed by atoms with van der Waals surface area (Å²) in [6, 6.07) is 11.1. The minimum Gasteiger partial charge on any atom is -0.493 e. The second-order valence-electron chi connectivity index (χ2n) is 4.98. The summed E-state index contributed by atoms with van der Waals surface area (Å²) in [6.07, 6.45) is 0.